The van der Waals surface area contributed by atoms with Crippen LogP contribution in [-0.2, 0) is 4.74 Å². The van der Waals surface area contributed by atoms with Gasteiger partial charge < -0.3 is 20.5 Å². The largest absolute Gasteiger partial charge is 0.478 e. The zero-order valence-electron chi connectivity index (χ0n) is 11.3. The Bertz CT molecular complexity index is 493. The Hall–Kier alpha value is -2.15. The number of rotatable bonds is 6. The molecule has 2 amide bonds. The lowest BCUT2D eigenvalue weighted by Crippen LogP contribution is -2.40. The van der Waals surface area contributed by atoms with E-state index in [4.69, 9.17) is 9.84 Å². The van der Waals surface area contributed by atoms with Gasteiger partial charge in [-0.25, -0.2) is 14.0 Å². The summed E-state index contributed by atoms with van der Waals surface area (Å²) in [6, 6.07) is 2.73. The molecule has 6 nitrogen and oxygen atoms in total. The van der Waals surface area contributed by atoms with E-state index < -0.39 is 23.4 Å². The number of carbonyl (C=O) groups is 2. The molecule has 0 heterocycles. The maximum absolute atomic E-state index is 13.4. The molecule has 7 heteroatoms. The van der Waals surface area contributed by atoms with Crippen LogP contribution in [0.1, 0.15) is 23.7 Å². The minimum atomic E-state index is -1.36. The van der Waals surface area contributed by atoms with Gasteiger partial charge in [-0.05, 0) is 24.6 Å². The third-order valence-corrected chi connectivity index (χ3v) is 2.65. The Balaban J connectivity index is 2.66. The second-order valence-corrected chi connectivity index (χ2v) is 4.16. The summed E-state index contributed by atoms with van der Waals surface area (Å²) in [5.74, 6) is -2.26. The number of carboxylic acid groups (broad SMARTS) is 1. The Labute approximate surface area is 115 Å². The number of urea groups is 1. The molecular weight excluding hydrogens is 267 g/mol. The zero-order chi connectivity index (χ0) is 15.1. The van der Waals surface area contributed by atoms with E-state index in [1.165, 1.54) is 13.2 Å². The average Bonchev–Trinajstić information content (AvgIpc) is 2.37. The van der Waals surface area contributed by atoms with Crippen molar-refractivity contribution in [2.24, 2.45) is 0 Å². The lowest BCUT2D eigenvalue weighted by molar-refractivity contribution is 0.0692. The summed E-state index contributed by atoms with van der Waals surface area (Å²) in [6.45, 7) is 2.27. The molecular formula is C13H17FN2O4. The third kappa shape index (κ3) is 4.51. The second kappa shape index (κ2) is 7.44. The predicted molar refractivity (Wildman–Crippen MR) is 71.5 cm³/mol. The van der Waals surface area contributed by atoms with Crippen LogP contribution in [-0.4, -0.2) is 36.9 Å². The molecule has 0 aliphatic heterocycles. The molecule has 0 aromatic heterocycles. The van der Waals surface area contributed by atoms with Crippen LogP contribution in [0.2, 0.25) is 0 Å². The van der Waals surface area contributed by atoms with Crippen LogP contribution in [0.4, 0.5) is 14.9 Å². The van der Waals surface area contributed by atoms with Crippen molar-refractivity contribution in [3.63, 3.8) is 0 Å². The summed E-state index contributed by atoms with van der Waals surface area (Å²) in [5.41, 5.74) is -0.265. The quantitative estimate of drug-likeness (QED) is 0.746. The smallest absolute Gasteiger partial charge is 0.338 e. The highest BCUT2D eigenvalue weighted by molar-refractivity contribution is 5.91. The number of halogens is 1. The van der Waals surface area contributed by atoms with Gasteiger partial charge >= 0.3 is 12.0 Å². The van der Waals surface area contributed by atoms with Crippen molar-refractivity contribution in [3.8, 4) is 0 Å². The number of hydrogen-bond donors (Lipinski definition) is 3. The summed E-state index contributed by atoms with van der Waals surface area (Å²) in [4.78, 5) is 22.3. The maximum atomic E-state index is 13.4. The second-order valence-electron chi connectivity index (χ2n) is 4.16. The molecule has 0 aliphatic carbocycles. The molecule has 0 fully saturated rings. The lowest BCUT2D eigenvalue weighted by atomic mass is 10.2. The summed E-state index contributed by atoms with van der Waals surface area (Å²) >= 11 is 0. The Morgan fingerprint density at radius 1 is 1.45 bits per heavy atom. The van der Waals surface area contributed by atoms with E-state index in [2.05, 4.69) is 10.6 Å². The molecule has 0 saturated carbocycles. The van der Waals surface area contributed by atoms with Crippen molar-refractivity contribution in [1.29, 1.82) is 0 Å². The fraction of sp³-hybridized carbons (Fsp3) is 0.385. The van der Waals surface area contributed by atoms with E-state index in [0.29, 0.717) is 13.0 Å². The van der Waals surface area contributed by atoms with Gasteiger partial charge in [-0.1, -0.05) is 6.92 Å². The normalized spacial score (nSPS) is 11.8. The Kier molecular flexibility index (Phi) is 5.92. The van der Waals surface area contributed by atoms with Crippen LogP contribution in [0, 0.1) is 5.82 Å². The highest BCUT2D eigenvalue weighted by atomic mass is 19.1. The van der Waals surface area contributed by atoms with Gasteiger partial charge in [-0.3, -0.25) is 0 Å². The standard InChI is InChI=1S/C13H17FN2O4/c1-3-8(7-20-2)15-13(19)16-9-4-5-10(12(17)18)11(14)6-9/h4-6,8H,3,7H2,1-2H3,(H,17,18)(H2,15,16,19). The van der Waals surface area contributed by atoms with Gasteiger partial charge in [0.1, 0.15) is 5.82 Å². The highest BCUT2D eigenvalue weighted by Crippen LogP contribution is 2.14. The predicted octanol–water partition coefficient (Wildman–Crippen LogP) is 2.07. The van der Waals surface area contributed by atoms with E-state index in [0.717, 1.165) is 12.1 Å². The highest BCUT2D eigenvalue weighted by Gasteiger charge is 2.13. The SMILES string of the molecule is CCC(COC)NC(=O)Nc1ccc(C(=O)O)c(F)c1. The van der Waals surface area contributed by atoms with Gasteiger partial charge in [0, 0.05) is 12.8 Å². The van der Waals surface area contributed by atoms with E-state index >= 15 is 0 Å². The lowest BCUT2D eigenvalue weighted by Gasteiger charge is -2.16. The number of methoxy groups -OCH3 is 1. The van der Waals surface area contributed by atoms with E-state index in [1.807, 2.05) is 6.92 Å². The number of ether oxygens (including phenoxy) is 1. The van der Waals surface area contributed by atoms with Crippen LogP contribution < -0.4 is 10.6 Å². The average molecular weight is 284 g/mol. The Morgan fingerprint density at radius 3 is 2.65 bits per heavy atom. The molecule has 3 N–H and O–H groups in total. The summed E-state index contributed by atoms with van der Waals surface area (Å²) in [7, 11) is 1.53. The van der Waals surface area contributed by atoms with Crippen molar-refractivity contribution < 1.29 is 23.8 Å². The fourth-order valence-electron chi connectivity index (χ4n) is 1.58. The van der Waals surface area contributed by atoms with Crippen molar-refractivity contribution in [3.05, 3.63) is 29.6 Å². The summed E-state index contributed by atoms with van der Waals surface area (Å²) in [5, 5.41) is 13.8. The first-order valence-corrected chi connectivity index (χ1v) is 6.07. The first kappa shape index (κ1) is 15.9. The molecule has 0 spiro atoms. The van der Waals surface area contributed by atoms with E-state index in [1.54, 1.807) is 0 Å². The molecule has 0 bridgehead atoms. The van der Waals surface area contributed by atoms with Crippen LogP contribution in [0.25, 0.3) is 0 Å². The molecule has 1 rings (SSSR count). The Morgan fingerprint density at radius 2 is 2.15 bits per heavy atom. The van der Waals surface area contributed by atoms with Gasteiger partial charge in [-0.2, -0.15) is 0 Å². The first-order valence-electron chi connectivity index (χ1n) is 6.07. The van der Waals surface area contributed by atoms with Gasteiger partial charge in [0.2, 0.25) is 0 Å². The van der Waals surface area contributed by atoms with Crippen molar-refractivity contribution >= 4 is 17.7 Å². The molecule has 0 saturated heterocycles. The van der Waals surface area contributed by atoms with Gasteiger partial charge in [0.25, 0.3) is 0 Å². The zero-order valence-corrected chi connectivity index (χ0v) is 11.3. The number of carboxylic acids is 1. The van der Waals surface area contributed by atoms with Crippen LogP contribution in [0.15, 0.2) is 18.2 Å². The maximum Gasteiger partial charge on any atom is 0.338 e. The summed E-state index contributed by atoms with van der Waals surface area (Å²) in [6.07, 6.45) is 0.688. The summed E-state index contributed by atoms with van der Waals surface area (Å²) < 4.78 is 18.4. The van der Waals surface area contributed by atoms with Crippen LogP contribution in [0.5, 0.6) is 0 Å². The number of hydrogen-bond acceptors (Lipinski definition) is 3. The van der Waals surface area contributed by atoms with Crippen molar-refractivity contribution in [2.45, 2.75) is 19.4 Å². The number of amides is 2. The molecule has 20 heavy (non-hydrogen) atoms. The minimum Gasteiger partial charge on any atom is -0.478 e. The van der Waals surface area contributed by atoms with Gasteiger partial charge in [0.05, 0.1) is 18.2 Å². The van der Waals surface area contributed by atoms with Gasteiger partial charge in [-0.15, -0.1) is 0 Å². The monoisotopic (exact) mass is 284 g/mol. The number of nitrogens with one attached hydrogen (secondary N) is 2. The van der Waals surface area contributed by atoms with Crippen LogP contribution >= 0.6 is 0 Å². The molecule has 1 aromatic carbocycles. The minimum absolute atomic E-state index is 0.150. The fourth-order valence-corrected chi connectivity index (χ4v) is 1.58. The topological polar surface area (TPSA) is 87.7 Å². The molecule has 0 aliphatic rings. The van der Waals surface area contributed by atoms with Crippen molar-refractivity contribution in [2.75, 3.05) is 19.0 Å². The van der Waals surface area contributed by atoms with Crippen molar-refractivity contribution in [1.82, 2.24) is 5.32 Å². The van der Waals surface area contributed by atoms with Crippen LogP contribution in [0.3, 0.4) is 0 Å². The van der Waals surface area contributed by atoms with E-state index in [9.17, 15) is 14.0 Å². The molecule has 1 aromatic rings. The number of benzene rings is 1. The van der Waals surface area contributed by atoms with Gasteiger partial charge in [0.15, 0.2) is 0 Å². The third-order valence-electron chi connectivity index (χ3n) is 2.65. The molecule has 1 unspecified atom stereocenters. The van der Waals surface area contributed by atoms with E-state index in [-0.39, 0.29) is 11.7 Å². The molecule has 110 valence electrons. The number of carbonyl (C=O) groups excluding carboxylic acids is 1. The molecule has 1 atom stereocenters. The molecule has 0 radical (unpaired) electrons. The first-order chi connectivity index (χ1) is 9.47. The number of anilines is 1. The number of aromatic carboxylic acids is 1.